The van der Waals surface area contributed by atoms with E-state index in [0.29, 0.717) is 24.9 Å². The maximum atomic E-state index is 12.9. The van der Waals surface area contributed by atoms with E-state index in [9.17, 15) is 9.59 Å². The van der Waals surface area contributed by atoms with Gasteiger partial charge in [0.15, 0.2) is 0 Å². The first-order chi connectivity index (χ1) is 12.5. The SMILES string of the molecule is CCN(Cc1ccccc1NC(=O)C1CC2CCCC(C1)C2N)C(C)=O.Cl. The van der Waals surface area contributed by atoms with E-state index in [0.717, 1.165) is 36.9 Å². The number of benzene rings is 1. The lowest BCUT2D eigenvalue weighted by Crippen LogP contribution is -2.48. The monoisotopic (exact) mass is 393 g/mol. The number of para-hydroxylation sites is 1. The number of hydrogen-bond acceptors (Lipinski definition) is 3. The van der Waals surface area contributed by atoms with Crippen LogP contribution in [-0.2, 0) is 16.1 Å². The zero-order chi connectivity index (χ0) is 18.7. The summed E-state index contributed by atoms with van der Waals surface area (Å²) in [5, 5.41) is 3.14. The first-order valence-electron chi connectivity index (χ1n) is 9.89. The molecule has 0 spiro atoms. The predicted octanol–water partition coefficient (Wildman–Crippen LogP) is 3.57. The summed E-state index contributed by atoms with van der Waals surface area (Å²) < 4.78 is 0. The van der Waals surface area contributed by atoms with Crippen LogP contribution in [0.4, 0.5) is 5.69 Å². The zero-order valence-corrected chi connectivity index (χ0v) is 17.1. The molecule has 5 nitrogen and oxygen atoms in total. The summed E-state index contributed by atoms with van der Waals surface area (Å²) >= 11 is 0. The lowest BCUT2D eigenvalue weighted by Gasteiger charge is -2.43. The van der Waals surface area contributed by atoms with E-state index < -0.39 is 0 Å². The molecule has 6 heteroatoms. The molecule has 2 bridgehead atoms. The summed E-state index contributed by atoms with van der Waals surface area (Å²) in [4.78, 5) is 26.4. The second kappa shape index (κ2) is 9.56. The largest absolute Gasteiger partial charge is 0.339 e. The highest BCUT2D eigenvalue weighted by molar-refractivity contribution is 5.93. The van der Waals surface area contributed by atoms with Gasteiger partial charge in [0.05, 0.1) is 0 Å². The molecule has 3 rings (SSSR count). The first kappa shape index (κ1) is 21.7. The van der Waals surface area contributed by atoms with Gasteiger partial charge in [0.1, 0.15) is 0 Å². The number of carbonyl (C=O) groups is 2. The Morgan fingerprint density at radius 3 is 2.41 bits per heavy atom. The lowest BCUT2D eigenvalue weighted by molar-refractivity contribution is -0.129. The second-order valence-electron chi connectivity index (χ2n) is 7.88. The maximum absolute atomic E-state index is 12.9. The number of hydrogen-bond donors (Lipinski definition) is 2. The number of halogens is 1. The van der Waals surface area contributed by atoms with E-state index in [2.05, 4.69) is 5.32 Å². The Hall–Kier alpha value is -1.59. The third kappa shape index (κ3) is 5.02. The summed E-state index contributed by atoms with van der Waals surface area (Å²) in [5.74, 6) is 1.17. The van der Waals surface area contributed by atoms with E-state index >= 15 is 0 Å². The Morgan fingerprint density at radius 1 is 1.19 bits per heavy atom. The van der Waals surface area contributed by atoms with Gasteiger partial charge in [-0.15, -0.1) is 12.4 Å². The number of amides is 2. The molecule has 1 aromatic rings. The summed E-state index contributed by atoms with van der Waals surface area (Å²) in [6.45, 7) is 4.71. The molecule has 3 N–H and O–H groups in total. The Bertz CT molecular complexity index is 653. The number of rotatable bonds is 5. The van der Waals surface area contributed by atoms with E-state index in [4.69, 9.17) is 5.73 Å². The average Bonchev–Trinajstić information content (AvgIpc) is 2.60. The van der Waals surface area contributed by atoms with Crippen LogP contribution in [0.3, 0.4) is 0 Å². The fraction of sp³-hybridized carbons (Fsp3) is 0.619. The fourth-order valence-corrected chi connectivity index (χ4v) is 4.67. The lowest BCUT2D eigenvalue weighted by atomic mass is 9.65. The van der Waals surface area contributed by atoms with Crippen molar-refractivity contribution in [2.24, 2.45) is 23.5 Å². The van der Waals surface area contributed by atoms with Gasteiger partial charge in [-0.2, -0.15) is 0 Å². The molecule has 2 unspecified atom stereocenters. The third-order valence-electron chi connectivity index (χ3n) is 6.25. The van der Waals surface area contributed by atoms with Crippen LogP contribution >= 0.6 is 12.4 Å². The summed E-state index contributed by atoms with van der Waals surface area (Å²) in [6, 6.07) is 8.05. The van der Waals surface area contributed by atoms with Crippen molar-refractivity contribution in [1.29, 1.82) is 0 Å². The quantitative estimate of drug-likeness (QED) is 0.802. The number of nitrogens with two attached hydrogens (primary N) is 1. The van der Waals surface area contributed by atoms with Gasteiger partial charge < -0.3 is 16.0 Å². The summed E-state index contributed by atoms with van der Waals surface area (Å²) in [7, 11) is 0. The van der Waals surface area contributed by atoms with Crippen molar-refractivity contribution in [2.75, 3.05) is 11.9 Å². The van der Waals surface area contributed by atoms with Crippen LogP contribution in [0.25, 0.3) is 0 Å². The van der Waals surface area contributed by atoms with E-state index in [1.807, 2.05) is 31.2 Å². The van der Waals surface area contributed by atoms with Crippen LogP contribution in [0.2, 0.25) is 0 Å². The molecule has 0 saturated heterocycles. The first-order valence-corrected chi connectivity index (χ1v) is 9.89. The number of carbonyl (C=O) groups excluding carboxylic acids is 2. The maximum Gasteiger partial charge on any atom is 0.227 e. The molecule has 0 heterocycles. The highest BCUT2D eigenvalue weighted by Crippen LogP contribution is 2.42. The number of nitrogens with zero attached hydrogens (tertiary/aromatic N) is 1. The standard InChI is InChI=1S/C21H31N3O2.ClH/c1-3-24(14(2)25)13-17-7-4-5-10-19(17)23-21(26)18-11-15-8-6-9-16(12-18)20(15)22;/h4-5,7,10,15-16,18,20H,3,6,8-9,11-13,22H2,1-2H3,(H,23,26);1H. The molecule has 1 aromatic carbocycles. The Kier molecular flexibility index (Phi) is 7.68. The van der Waals surface area contributed by atoms with Crippen molar-refractivity contribution in [2.45, 2.75) is 58.5 Å². The minimum absolute atomic E-state index is 0. The summed E-state index contributed by atoms with van der Waals surface area (Å²) in [6.07, 6.45) is 5.36. The molecule has 0 aliphatic heterocycles. The van der Waals surface area contributed by atoms with Crippen molar-refractivity contribution in [3.63, 3.8) is 0 Å². The van der Waals surface area contributed by atoms with Crippen molar-refractivity contribution in [3.05, 3.63) is 29.8 Å². The molecular formula is C21H32ClN3O2. The van der Waals surface area contributed by atoms with E-state index in [-0.39, 0.29) is 36.2 Å². The van der Waals surface area contributed by atoms with Crippen LogP contribution in [0.15, 0.2) is 24.3 Å². The molecule has 150 valence electrons. The molecule has 0 radical (unpaired) electrons. The van der Waals surface area contributed by atoms with Gasteiger partial charge in [-0.05, 0) is 56.1 Å². The van der Waals surface area contributed by atoms with Gasteiger partial charge in [0, 0.05) is 37.7 Å². The van der Waals surface area contributed by atoms with Gasteiger partial charge in [0.2, 0.25) is 11.8 Å². The van der Waals surface area contributed by atoms with Gasteiger partial charge >= 0.3 is 0 Å². The third-order valence-corrected chi connectivity index (χ3v) is 6.25. The second-order valence-corrected chi connectivity index (χ2v) is 7.88. The number of fused-ring (bicyclic) bond motifs is 2. The number of anilines is 1. The molecule has 2 aliphatic rings. The molecule has 2 fully saturated rings. The average molecular weight is 394 g/mol. The minimum atomic E-state index is 0. The van der Waals surface area contributed by atoms with Crippen molar-refractivity contribution in [1.82, 2.24) is 4.90 Å². The van der Waals surface area contributed by atoms with Gasteiger partial charge in [-0.1, -0.05) is 24.6 Å². The summed E-state index contributed by atoms with van der Waals surface area (Å²) in [5.41, 5.74) is 8.15. The highest BCUT2D eigenvalue weighted by atomic mass is 35.5. The van der Waals surface area contributed by atoms with Crippen LogP contribution in [-0.4, -0.2) is 29.3 Å². The predicted molar refractivity (Wildman–Crippen MR) is 111 cm³/mol. The Balaban J connectivity index is 0.00000261. The van der Waals surface area contributed by atoms with Gasteiger partial charge in [-0.25, -0.2) is 0 Å². The molecule has 0 aromatic heterocycles. The molecule has 2 aliphatic carbocycles. The van der Waals surface area contributed by atoms with E-state index in [1.165, 1.54) is 6.42 Å². The van der Waals surface area contributed by atoms with Crippen molar-refractivity contribution < 1.29 is 9.59 Å². The minimum Gasteiger partial charge on any atom is -0.339 e. The van der Waals surface area contributed by atoms with Crippen LogP contribution in [0.1, 0.15) is 51.5 Å². The van der Waals surface area contributed by atoms with Gasteiger partial charge in [0.25, 0.3) is 0 Å². The molecule has 2 amide bonds. The molecule has 2 atom stereocenters. The van der Waals surface area contributed by atoms with Crippen LogP contribution in [0, 0.1) is 17.8 Å². The van der Waals surface area contributed by atoms with Crippen LogP contribution < -0.4 is 11.1 Å². The zero-order valence-electron chi connectivity index (χ0n) is 16.3. The Labute approximate surface area is 168 Å². The fourth-order valence-electron chi connectivity index (χ4n) is 4.67. The van der Waals surface area contributed by atoms with Crippen molar-refractivity contribution >= 4 is 29.9 Å². The highest BCUT2D eigenvalue weighted by Gasteiger charge is 2.40. The smallest absolute Gasteiger partial charge is 0.227 e. The normalized spacial score (nSPS) is 26.6. The van der Waals surface area contributed by atoms with Crippen LogP contribution in [0.5, 0.6) is 0 Å². The molecular weight excluding hydrogens is 362 g/mol. The topological polar surface area (TPSA) is 75.4 Å². The molecule has 2 saturated carbocycles. The van der Waals surface area contributed by atoms with Gasteiger partial charge in [-0.3, -0.25) is 9.59 Å². The van der Waals surface area contributed by atoms with E-state index in [1.54, 1.807) is 11.8 Å². The molecule has 27 heavy (non-hydrogen) atoms. The number of nitrogens with one attached hydrogen (secondary N) is 1. The Morgan fingerprint density at radius 2 is 1.81 bits per heavy atom. The van der Waals surface area contributed by atoms with Crippen molar-refractivity contribution in [3.8, 4) is 0 Å².